The average Bonchev–Trinajstić information content (AvgIpc) is 2.72. The Bertz CT molecular complexity index is 929. The molecule has 0 saturated carbocycles. The zero-order valence-electron chi connectivity index (χ0n) is 15.6. The van der Waals surface area contributed by atoms with Crippen LogP contribution in [0.15, 0.2) is 48.5 Å². The zero-order valence-corrected chi connectivity index (χ0v) is 15.6. The molecule has 4 rings (SSSR count). The second kappa shape index (κ2) is 7.34. The van der Waals surface area contributed by atoms with Gasteiger partial charge in [-0.15, -0.1) is 0 Å². The average molecular weight is 379 g/mol. The van der Waals surface area contributed by atoms with Crippen molar-refractivity contribution in [2.45, 2.75) is 12.3 Å². The van der Waals surface area contributed by atoms with Crippen molar-refractivity contribution in [3.63, 3.8) is 0 Å². The van der Waals surface area contributed by atoms with Crippen LogP contribution in [0.2, 0.25) is 0 Å². The summed E-state index contributed by atoms with van der Waals surface area (Å²) in [6.45, 7) is 0.862. The number of carbonyl (C=O) groups is 3. The van der Waals surface area contributed by atoms with E-state index in [9.17, 15) is 14.4 Å². The Labute approximate surface area is 162 Å². The number of amides is 3. The topological polar surface area (TPSA) is 79.0 Å². The van der Waals surface area contributed by atoms with Crippen molar-refractivity contribution in [3.8, 4) is 5.75 Å². The number of nitrogens with zero attached hydrogens (tertiary/aromatic N) is 2. The second-order valence-electron chi connectivity index (χ2n) is 6.90. The van der Waals surface area contributed by atoms with Gasteiger partial charge in [0.2, 0.25) is 17.7 Å². The fourth-order valence-electron chi connectivity index (χ4n) is 3.75. The fraction of sp³-hybridized carbons (Fsp3) is 0.286. The van der Waals surface area contributed by atoms with Gasteiger partial charge in [0.25, 0.3) is 0 Å². The van der Waals surface area contributed by atoms with Gasteiger partial charge in [0, 0.05) is 30.9 Å². The molecule has 0 spiro atoms. The Balaban J connectivity index is 1.54. The molecule has 7 nitrogen and oxygen atoms in total. The largest absolute Gasteiger partial charge is 0.497 e. The van der Waals surface area contributed by atoms with E-state index < -0.39 is 5.92 Å². The molecule has 28 heavy (non-hydrogen) atoms. The Hall–Kier alpha value is -3.35. The van der Waals surface area contributed by atoms with Gasteiger partial charge in [0.1, 0.15) is 12.3 Å². The molecule has 2 aromatic rings. The van der Waals surface area contributed by atoms with Crippen molar-refractivity contribution < 1.29 is 19.1 Å². The summed E-state index contributed by atoms with van der Waals surface area (Å²) in [5.74, 6) is -0.528. The van der Waals surface area contributed by atoms with E-state index in [2.05, 4.69) is 5.32 Å². The van der Waals surface area contributed by atoms with Crippen LogP contribution in [0.1, 0.15) is 17.9 Å². The molecule has 2 aliphatic rings. The van der Waals surface area contributed by atoms with Crippen LogP contribution >= 0.6 is 0 Å². The molecule has 1 atom stereocenters. The highest BCUT2D eigenvalue weighted by Gasteiger charge is 2.36. The van der Waals surface area contributed by atoms with Crippen LogP contribution in [0.5, 0.6) is 5.75 Å². The van der Waals surface area contributed by atoms with E-state index in [4.69, 9.17) is 4.74 Å². The number of methoxy groups -OCH3 is 1. The number of hydrogen-bond donors (Lipinski definition) is 1. The lowest BCUT2D eigenvalue weighted by Gasteiger charge is -2.37. The summed E-state index contributed by atoms with van der Waals surface area (Å²) in [5, 5.41) is 2.80. The highest BCUT2D eigenvalue weighted by molar-refractivity contribution is 6.03. The monoisotopic (exact) mass is 379 g/mol. The molecule has 0 bridgehead atoms. The lowest BCUT2D eigenvalue weighted by molar-refractivity contribution is -0.139. The summed E-state index contributed by atoms with van der Waals surface area (Å²) >= 11 is 0. The number of piperazine rings is 1. The van der Waals surface area contributed by atoms with Gasteiger partial charge < -0.3 is 19.9 Å². The van der Waals surface area contributed by atoms with E-state index >= 15 is 0 Å². The summed E-state index contributed by atoms with van der Waals surface area (Å²) in [4.78, 5) is 41.1. The first-order valence-electron chi connectivity index (χ1n) is 9.19. The van der Waals surface area contributed by atoms with Crippen molar-refractivity contribution in [2.75, 3.05) is 37.0 Å². The van der Waals surface area contributed by atoms with Gasteiger partial charge in [-0.25, -0.2) is 0 Å². The van der Waals surface area contributed by atoms with Gasteiger partial charge >= 0.3 is 0 Å². The highest BCUT2D eigenvalue weighted by Crippen LogP contribution is 2.36. The lowest BCUT2D eigenvalue weighted by Crippen LogP contribution is -2.53. The standard InChI is InChI=1S/C21H21N3O4/c1-28-15-7-8-18-16(11-15)17(12-19(25)22-18)21(27)23-9-10-24(20(26)13-23)14-5-3-2-4-6-14/h2-8,11,17H,9-10,12-13H2,1H3,(H,22,25). The molecule has 1 fully saturated rings. The van der Waals surface area contributed by atoms with Crippen LogP contribution in [0, 0.1) is 0 Å². The molecular formula is C21H21N3O4. The molecule has 1 N–H and O–H groups in total. The summed E-state index contributed by atoms with van der Waals surface area (Å²) in [7, 11) is 1.56. The van der Waals surface area contributed by atoms with Crippen molar-refractivity contribution in [1.82, 2.24) is 4.90 Å². The second-order valence-corrected chi connectivity index (χ2v) is 6.90. The minimum absolute atomic E-state index is 0.00511. The van der Waals surface area contributed by atoms with Crippen LogP contribution in [0.25, 0.3) is 0 Å². The maximum absolute atomic E-state index is 13.2. The van der Waals surface area contributed by atoms with Gasteiger partial charge in [0.15, 0.2) is 0 Å². The van der Waals surface area contributed by atoms with Crippen LogP contribution in [-0.2, 0) is 14.4 Å². The molecule has 1 unspecified atom stereocenters. The predicted octanol–water partition coefficient (Wildman–Crippen LogP) is 2.00. The Morgan fingerprint density at radius 3 is 2.61 bits per heavy atom. The van der Waals surface area contributed by atoms with Gasteiger partial charge in [-0.3, -0.25) is 14.4 Å². The first-order valence-corrected chi connectivity index (χ1v) is 9.19. The van der Waals surface area contributed by atoms with Crippen LogP contribution in [-0.4, -0.2) is 49.4 Å². The third-order valence-corrected chi connectivity index (χ3v) is 5.20. The molecule has 1 saturated heterocycles. The smallest absolute Gasteiger partial charge is 0.246 e. The molecule has 144 valence electrons. The molecular weight excluding hydrogens is 358 g/mol. The number of fused-ring (bicyclic) bond motifs is 1. The van der Waals surface area contributed by atoms with Crippen LogP contribution in [0.3, 0.4) is 0 Å². The Morgan fingerprint density at radius 2 is 1.89 bits per heavy atom. The molecule has 0 radical (unpaired) electrons. The summed E-state index contributed by atoms with van der Waals surface area (Å²) in [6, 6.07) is 14.7. The number of anilines is 2. The van der Waals surface area contributed by atoms with Crippen LogP contribution < -0.4 is 15.0 Å². The highest BCUT2D eigenvalue weighted by atomic mass is 16.5. The van der Waals surface area contributed by atoms with Gasteiger partial charge in [0.05, 0.1) is 13.0 Å². The SMILES string of the molecule is COc1ccc2c(c1)C(C(=O)N1CCN(c3ccccc3)C(=O)C1)CC(=O)N2. The van der Waals surface area contributed by atoms with E-state index in [-0.39, 0.29) is 30.7 Å². The molecule has 3 amide bonds. The minimum atomic E-state index is -0.616. The van der Waals surface area contributed by atoms with Gasteiger partial charge in [-0.05, 0) is 35.9 Å². The fourth-order valence-corrected chi connectivity index (χ4v) is 3.75. The first kappa shape index (κ1) is 18.0. The number of rotatable bonds is 3. The summed E-state index contributed by atoms with van der Waals surface area (Å²) < 4.78 is 5.26. The number of hydrogen-bond acceptors (Lipinski definition) is 4. The molecule has 0 aromatic heterocycles. The van der Waals surface area contributed by atoms with E-state index in [1.807, 2.05) is 30.3 Å². The maximum Gasteiger partial charge on any atom is 0.246 e. The number of nitrogens with one attached hydrogen (secondary N) is 1. The number of ether oxygens (including phenoxy) is 1. The normalized spacial score (nSPS) is 19.1. The number of benzene rings is 2. The van der Waals surface area contributed by atoms with E-state index in [1.165, 1.54) is 0 Å². The Morgan fingerprint density at radius 1 is 1.11 bits per heavy atom. The summed E-state index contributed by atoms with van der Waals surface area (Å²) in [5.41, 5.74) is 2.17. The minimum Gasteiger partial charge on any atom is -0.497 e. The molecule has 2 aliphatic heterocycles. The number of para-hydroxylation sites is 1. The summed E-state index contributed by atoms with van der Waals surface area (Å²) in [6.07, 6.45) is 0.0616. The quantitative estimate of drug-likeness (QED) is 0.885. The van der Waals surface area contributed by atoms with E-state index in [0.717, 1.165) is 11.3 Å². The molecule has 7 heteroatoms. The van der Waals surface area contributed by atoms with E-state index in [0.29, 0.717) is 24.5 Å². The number of carbonyl (C=O) groups excluding carboxylic acids is 3. The zero-order chi connectivity index (χ0) is 19.7. The van der Waals surface area contributed by atoms with Gasteiger partial charge in [-0.1, -0.05) is 18.2 Å². The van der Waals surface area contributed by atoms with Crippen molar-refractivity contribution >= 4 is 29.1 Å². The Kier molecular flexibility index (Phi) is 4.73. The first-order chi connectivity index (χ1) is 13.6. The van der Waals surface area contributed by atoms with Crippen LogP contribution in [0.4, 0.5) is 11.4 Å². The third kappa shape index (κ3) is 3.31. The third-order valence-electron chi connectivity index (χ3n) is 5.20. The van der Waals surface area contributed by atoms with E-state index in [1.54, 1.807) is 35.1 Å². The predicted molar refractivity (Wildman–Crippen MR) is 104 cm³/mol. The maximum atomic E-state index is 13.2. The molecule has 2 heterocycles. The molecule has 2 aromatic carbocycles. The molecule has 0 aliphatic carbocycles. The van der Waals surface area contributed by atoms with Crippen molar-refractivity contribution in [2.24, 2.45) is 0 Å². The van der Waals surface area contributed by atoms with Crippen molar-refractivity contribution in [3.05, 3.63) is 54.1 Å². The lowest BCUT2D eigenvalue weighted by atomic mass is 9.89. The van der Waals surface area contributed by atoms with Crippen molar-refractivity contribution in [1.29, 1.82) is 0 Å². The van der Waals surface area contributed by atoms with Gasteiger partial charge in [-0.2, -0.15) is 0 Å².